The molecule has 0 spiro atoms. The van der Waals surface area contributed by atoms with E-state index in [-0.39, 0.29) is 5.84 Å². The van der Waals surface area contributed by atoms with E-state index in [9.17, 15) is 0 Å². The number of hydrogen-bond acceptors (Lipinski definition) is 3. The Bertz CT molecular complexity index is 229. The average molecular weight is 197 g/mol. The van der Waals surface area contributed by atoms with Gasteiger partial charge in [0.1, 0.15) is 0 Å². The van der Waals surface area contributed by atoms with Gasteiger partial charge in [-0.2, -0.15) is 0 Å². The summed E-state index contributed by atoms with van der Waals surface area (Å²) < 4.78 is 0. The minimum atomic E-state index is 0.271. The first-order valence-electron chi connectivity index (χ1n) is 5.46. The van der Waals surface area contributed by atoms with Gasteiger partial charge < -0.3 is 16.3 Å². The molecule has 4 nitrogen and oxygen atoms in total. The summed E-state index contributed by atoms with van der Waals surface area (Å²) in [5.41, 5.74) is 5.37. The van der Waals surface area contributed by atoms with Gasteiger partial charge in [0, 0.05) is 0 Å². The highest BCUT2D eigenvalue weighted by atomic mass is 16.4. The van der Waals surface area contributed by atoms with E-state index in [2.05, 4.69) is 10.5 Å². The molecule has 0 radical (unpaired) electrons. The van der Waals surface area contributed by atoms with Crippen LogP contribution in [0, 0.1) is 17.8 Å². The Hall–Kier alpha value is -0.770. The van der Waals surface area contributed by atoms with Crippen molar-refractivity contribution >= 4 is 5.84 Å². The van der Waals surface area contributed by atoms with Crippen molar-refractivity contribution in [3.8, 4) is 0 Å². The SMILES string of the molecule is NC(CNCC1CC2CCC1C2)=NO. The topological polar surface area (TPSA) is 70.6 Å². The lowest BCUT2D eigenvalue weighted by molar-refractivity contribution is 0.312. The summed E-state index contributed by atoms with van der Waals surface area (Å²) in [6, 6.07) is 0. The molecule has 4 N–H and O–H groups in total. The van der Waals surface area contributed by atoms with Gasteiger partial charge >= 0.3 is 0 Å². The predicted molar refractivity (Wildman–Crippen MR) is 55.2 cm³/mol. The van der Waals surface area contributed by atoms with Crippen LogP contribution in [0.15, 0.2) is 5.16 Å². The summed E-state index contributed by atoms with van der Waals surface area (Å²) in [6.07, 6.45) is 5.69. The molecule has 80 valence electrons. The summed E-state index contributed by atoms with van der Waals surface area (Å²) in [5, 5.41) is 14.5. The number of rotatable bonds is 4. The van der Waals surface area contributed by atoms with E-state index in [4.69, 9.17) is 10.9 Å². The van der Waals surface area contributed by atoms with Gasteiger partial charge in [-0.3, -0.25) is 0 Å². The summed E-state index contributed by atoms with van der Waals surface area (Å²) in [6.45, 7) is 1.53. The highest BCUT2D eigenvalue weighted by Gasteiger charge is 2.38. The Balaban J connectivity index is 1.67. The van der Waals surface area contributed by atoms with E-state index in [1.807, 2.05) is 0 Å². The van der Waals surface area contributed by atoms with Gasteiger partial charge in [0.05, 0.1) is 6.54 Å². The minimum absolute atomic E-state index is 0.271. The molecule has 14 heavy (non-hydrogen) atoms. The lowest BCUT2D eigenvalue weighted by Crippen LogP contribution is -2.33. The van der Waals surface area contributed by atoms with E-state index in [0.29, 0.717) is 6.54 Å². The Labute approximate surface area is 84.5 Å². The van der Waals surface area contributed by atoms with Crippen LogP contribution < -0.4 is 11.1 Å². The zero-order valence-electron chi connectivity index (χ0n) is 8.45. The highest BCUT2D eigenvalue weighted by Crippen LogP contribution is 2.47. The fourth-order valence-electron chi connectivity index (χ4n) is 3.05. The van der Waals surface area contributed by atoms with Crippen LogP contribution in [0.25, 0.3) is 0 Å². The van der Waals surface area contributed by atoms with E-state index >= 15 is 0 Å². The molecule has 3 unspecified atom stereocenters. The Morgan fingerprint density at radius 1 is 1.43 bits per heavy atom. The fourth-order valence-corrected chi connectivity index (χ4v) is 3.05. The minimum Gasteiger partial charge on any atom is -0.409 e. The van der Waals surface area contributed by atoms with Crippen LogP contribution in [-0.4, -0.2) is 24.1 Å². The van der Waals surface area contributed by atoms with E-state index in [1.165, 1.54) is 25.7 Å². The van der Waals surface area contributed by atoms with Crippen LogP contribution in [0.1, 0.15) is 25.7 Å². The number of nitrogens with zero attached hydrogens (tertiary/aromatic N) is 1. The van der Waals surface area contributed by atoms with Crippen molar-refractivity contribution in [3.05, 3.63) is 0 Å². The molecular formula is C10H19N3O. The number of fused-ring (bicyclic) bond motifs is 2. The quantitative estimate of drug-likeness (QED) is 0.270. The van der Waals surface area contributed by atoms with Crippen molar-refractivity contribution in [3.63, 3.8) is 0 Å². The smallest absolute Gasteiger partial charge is 0.153 e. The van der Waals surface area contributed by atoms with Crippen molar-refractivity contribution in [1.29, 1.82) is 0 Å². The Kier molecular flexibility index (Phi) is 2.91. The van der Waals surface area contributed by atoms with Gasteiger partial charge in [0.25, 0.3) is 0 Å². The second-order valence-corrected chi connectivity index (χ2v) is 4.66. The molecule has 0 aromatic carbocycles. The third-order valence-corrected chi connectivity index (χ3v) is 3.73. The van der Waals surface area contributed by atoms with Crippen LogP contribution in [0.5, 0.6) is 0 Å². The van der Waals surface area contributed by atoms with Crippen molar-refractivity contribution in [2.75, 3.05) is 13.1 Å². The number of nitrogens with one attached hydrogen (secondary N) is 1. The van der Waals surface area contributed by atoms with Crippen LogP contribution in [-0.2, 0) is 0 Å². The van der Waals surface area contributed by atoms with Crippen molar-refractivity contribution in [2.45, 2.75) is 25.7 Å². The molecule has 0 amide bonds. The van der Waals surface area contributed by atoms with Crippen LogP contribution in [0.3, 0.4) is 0 Å². The molecule has 2 aliphatic carbocycles. The zero-order chi connectivity index (χ0) is 9.97. The fraction of sp³-hybridized carbons (Fsp3) is 0.900. The number of hydrogen-bond donors (Lipinski definition) is 3. The van der Waals surface area contributed by atoms with Gasteiger partial charge in [-0.15, -0.1) is 0 Å². The molecule has 0 aromatic rings. The molecule has 2 bridgehead atoms. The maximum absolute atomic E-state index is 8.35. The van der Waals surface area contributed by atoms with E-state index in [0.717, 1.165) is 24.3 Å². The summed E-state index contributed by atoms with van der Waals surface area (Å²) in [5.74, 6) is 3.05. The van der Waals surface area contributed by atoms with E-state index in [1.54, 1.807) is 0 Å². The largest absolute Gasteiger partial charge is 0.409 e. The zero-order valence-corrected chi connectivity index (χ0v) is 8.45. The first-order chi connectivity index (χ1) is 6.79. The maximum atomic E-state index is 8.35. The van der Waals surface area contributed by atoms with Crippen molar-refractivity contribution < 1.29 is 5.21 Å². The van der Waals surface area contributed by atoms with Crippen LogP contribution in [0.4, 0.5) is 0 Å². The average Bonchev–Trinajstić information content (AvgIpc) is 2.79. The lowest BCUT2D eigenvalue weighted by Gasteiger charge is -2.21. The molecule has 2 aliphatic rings. The van der Waals surface area contributed by atoms with Gasteiger partial charge in [-0.1, -0.05) is 11.6 Å². The number of oxime groups is 1. The van der Waals surface area contributed by atoms with Crippen molar-refractivity contribution in [1.82, 2.24) is 5.32 Å². The second-order valence-electron chi connectivity index (χ2n) is 4.66. The molecule has 0 heterocycles. The normalized spacial score (nSPS) is 36.6. The maximum Gasteiger partial charge on any atom is 0.153 e. The molecule has 2 fully saturated rings. The molecule has 0 saturated heterocycles. The van der Waals surface area contributed by atoms with Gasteiger partial charge in [-0.25, -0.2) is 0 Å². The third-order valence-electron chi connectivity index (χ3n) is 3.73. The molecule has 0 aromatic heterocycles. The second kappa shape index (κ2) is 4.17. The first-order valence-corrected chi connectivity index (χ1v) is 5.46. The number of amidine groups is 1. The van der Waals surface area contributed by atoms with E-state index < -0.39 is 0 Å². The molecule has 2 rings (SSSR count). The monoisotopic (exact) mass is 197 g/mol. The van der Waals surface area contributed by atoms with Gasteiger partial charge in [0.2, 0.25) is 0 Å². The first kappa shape index (κ1) is 9.77. The molecule has 2 saturated carbocycles. The standard InChI is InChI=1S/C10H19N3O/c11-10(13-14)6-12-5-9-4-7-1-2-8(9)3-7/h7-9,12,14H,1-6H2,(H2,11,13). The predicted octanol–water partition coefficient (Wildman–Crippen LogP) is 0.759. The highest BCUT2D eigenvalue weighted by molar-refractivity contribution is 5.81. The van der Waals surface area contributed by atoms with Crippen LogP contribution >= 0.6 is 0 Å². The Morgan fingerprint density at radius 2 is 2.29 bits per heavy atom. The summed E-state index contributed by atoms with van der Waals surface area (Å²) >= 11 is 0. The molecule has 4 heteroatoms. The summed E-state index contributed by atoms with van der Waals surface area (Å²) in [4.78, 5) is 0. The molecule has 3 atom stereocenters. The third kappa shape index (κ3) is 2.00. The lowest BCUT2D eigenvalue weighted by atomic mass is 9.89. The number of nitrogens with two attached hydrogens (primary N) is 1. The van der Waals surface area contributed by atoms with Crippen LogP contribution in [0.2, 0.25) is 0 Å². The van der Waals surface area contributed by atoms with Crippen molar-refractivity contribution in [2.24, 2.45) is 28.6 Å². The van der Waals surface area contributed by atoms with Gasteiger partial charge in [-0.05, 0) is 43.6 Å². The molecule has 0 aliphatic heterocycles. The van der Waals surface area contributed by atoms with Gasteiger partial charge in [0.15, 0.2) is 5.84 Å². The molecular weight excluding hydrogens is 178 g/mol. The summed E-state index contributed by atoms with van der Waals surface area (Å²) in [7, 11) is 0. The Morgan fingerprint density at radius 3 is 2.86 bits per heavy atom.